The summed E-state index contributed by atoms with van der Waals surface area (Å²) in [6.45, 7) is 1.72. The minimum Gasteiger partial charge on any atom is -0.497 e. The average molecular weight is 313 g/mol. The molecule has 0 bridgehead atoms. The maximum Gasteiger partial charge on any atom is 0.335 e. The predicted octanol–water partition coefficient (Wildman–Crippen LogP) is 3.46. The van der Waals surface area contributed by atoms with E-state index < -0.39 is 5.97 Å². The lowest BCUT2D eigenvalue weighted by molar-refractivity contribution is 0.0696. The van der Waals surface area contributed by atoms with E-state index in [1.54, 1.807) is 25.3 Å². The molecule has 2 aromatic carbocycles. The van der Waals surface area contributed by atoms with Gasteiger partial charge in [0.25, 0.3) is 0 Å². The molecule has 23 heavy (non-hydrogen) atoms. The molecular formula is C19H23NO3. The van der Waals surface area contributed by atoms with E-state index >= 15 is 0 Å². The molecule has 0 radical (unpaired) electrons. The number of carboxylic acids is 1. The van der Waals surface area contributed by atoms with Gasteiger partial charge in [-0.2, -0.15) is 0 Å². The Morgan fingerprint density at radius 1 is 1.13 bits per heavy atom. The fourth-order valence-electron chi connectivity index (χ4n) is 2.54. The van der Waals surface area contributed by atoms with Gasteiger partial charge in [-0.15, -0.1) is 0 Å². The second-order valence-electron chi connectivity index (χ2n) is 5.69. The van der Waals surface area contributed by atoms with E-state index in [1.807, 2.05) is 18.2 Å². The third kappa shape index (κ3) is 5.42. The van der Waals surface area contributed by atoms with Crippen molar-refractivity contribution in [1.82, 2.24) is 4.90 Å². The smallest absolute Gasteiger partial charge is 0.335 e. The maximum absolute atomic E-state index is 11.0. The second-order valence-corrected chi connectivity index (χ2v) is 5.69. The molecule has 4 nitrogen and oxygen atoms in total. The van der Waals surface area contributed by atoms with Gasteiger partial charge in [-0.05, 0) is 61.8 Å². The van der Waals surface area contributed by atoms with Gasteiger partial charge in [-0.1, -0.05) is 24.3 Å². The molecule has 4 heteroatoms. The topological polar surface area (TPSA) is 49.8 Å². The van der Waals surface area contributed by atoms with Crippen LogP contribution in [0.5, 0.6) is 5.75 Å². The van der Waals surface area contributed by atoms with Crippen molar-refractivity contribution >= 4 is 5.97 Å². The zero-order valence-electron chi connectivity index (χ0n) is 13.7. The summed E-state index contributed by atoms with van der Waals surface area (Å²) in [5, 5.41) is 9.03. The number of rotatable bonds is 8. The normalized spacial score (nSPS) is 10.7. The van der Waals surface area contributed by atoms with E-state index in [4.69, 9.17) is 9.84 Å². The van der Waals surface area contributed by atoms with E-state index in [1.165, 1.54) is 5.56 Å². The van der Waals surface area contributed by atoms with Gasteiger partial charge in [0.2, 0.25) is 0 Å². The van der Waals surface area contributed by atoms with Crippen molar-refractivity contribution in [3.05, 3.63) is 65.2 Å². The van der Waals surface area contributed by atoms with Crippen molar-refractivity contribution in [2.24, 2.45) is 0 Å². The summed E-state index contributed by atoms with van der Waals surface area (Å²) in [5.74, 6) is -0.00168. The fourth-order valence-corrected chi connectivity index (χ4v) is 2.54. The molecule has 0 aromatic heterocycles. The molecule has 0 spiro atoms. The first-order valence-electron chi connectivity index (χ1n) is 7.72. The molecule has 122 valence electrons. The standard InChI is InChI=1S/C19H23NO3/c1-20(14-16-5-3-7-17(13-16)19(21)22)12-4-6-15-8-10-18(23-2)11-9-15/h3,5,7-11,13H,4,6,12,14H2,1-2H3,(H,21,22). The molecule has 0 aliphatic heterocycles. The van der Waals surface area contributed by atoms with E-state index in [2.05, 4.69) is 24.1 Å². The molecule has 0 saturated heterocycles. The van der Waals surface area contributed by atoms with Gasteiger partial charge >= 0.3 is 5.97 Å². The van der Waals surface area contributed by atoms with Crippen LogP contribution in [0, 0.1) is 0 Å². The van der Waals surface area contributed by atoms with E-state index in [-0.39, 0.29) is 0 Å². The number of aryl methyl sites for hydroxylation is 1. The summed E-state index contributed by atoms with van der Waals surface area (Å²) in [6, 6.07) is 15.3. The van der Waals surface area contributed by atoms with Crippen LogP contribution in [0.3, 0.4) is 0 Å². The Kier molecular flexibility index (Phi) is 6.18. The fraction of sp³-hybridized carbons (Fsp3) is 0.316. The second kappa shape index (κ2) is 8.34. The summed E-state index contributed by atoms with van der Waals surface area (Å²) < 4.78 is 5.15. The lowest BCUT2D eigenvalue weighted by atomic mass is 10.1. The molecule has 2 aromatic rings. The zero-order chi connectivity index (χ0) is 16.7. The van der Waals surface area contributed by atoms with E-state index in [9.17, 15) is 4.79 Å². The highest BCUT2D eigenvalue weighted by atomic mass is 16.5. The number of benzene rings is 2. The summed E-state index contributed by atoms with van der Waals surface area (Å²) in [6.07, 6.45) is 2.07. The Morgan fingerprint density at radius 3 is 2.52 bits per heavy atom. The number of nitrogens with zero attached hydrogens (tertiary/aromatic N) is 1. The minimum absolute atomic E-state index is 0.342. The van der Waals surface area contributed by atoms with Crippen molar-refractivity contribution < 1.29 is 14.6 Å². The van der Waals surface area contributed by atoms with Gasteiger partial charge in [0.15, 0.2) is 0 Å². The molecule has 2 rings (SSSR count). The molecule has 0 heterocycles. The molecule has 0 unspecified atom stereocenters. The van der Waals surface area contributed by atoms with Crippen molar-refractivity contribution in [2.75, 3.05) is 20.7 Å². The first-order valence-corrected chi connectivity index (χ1v) is 7.72. The van der Waals surface area contributed by atoms with Crippen LogP contribution < -0.4 is 4.74 Å². The Hall–Kier alpha value is -2.33. The Bertz CT molecular complexity index is 637. The molecule has 0 fully saturated rings. The lowest BCUT2D eigenvalue weighted by Crippen LogP contribution is -2.19. The minimum atomic E-state index is -0.881. The lowest BCUT2D eigenvalue weighted by Gasteiger charge is -2.17. The van der Waals surface area contributed by atoms with Crippen LogP contribution in [0.4, 0.5) is 0 Å². The Morgan fingerprint density at radius 2 is 1.87 bits per heavy atom. The van der Waals surface area contributed by atoms with Gasteiger partial charge < -0.3 is 14.7 Å². The monoisotopic (exact) mass is 313 g/mol. The van der Waals surface area contributed by atoms with Gasteiger partial charge in [-0.25, -0.2) is 4.79 Å². The quantitative estimate of drug-likeness (QED) is 0.811. The summed E-state index contributed by atoms with van der Waals surface area (Å²) in [7, 11) is 3.73. The largest absolute Gasteiger partial charge is 0.497 e. The van der Waals surface area contributed by atoms with E-state index in [0.717, 1.165) is 37.2 Å². The highest BCUT2D eigenvalue weighted by molar-refractivity contribution is 5.87. The number of hydrogen-bond donors (Lipinski definition) is 1. The van der Waals surface area contributed by atoms with Crippen molar-refractivity contribution in [2.45, 2.75) is 19.4 Å². The third-order valence-corrected chi connectivity index (χ3v) is 3.79. The number of carboxylic acid groups (broad SMARTS) is 1. The third-order valence-electron chi connectivity index (χ3n) is 3.79. The molecule has 0 aliphatic carbocycles. The average Bonchev–Trinajstić information content (AvgIpc) is 2.55. The molecular weight excluding hydrogens is 290 g/mol. The summed E-state index contributed by atoms with van der Waals surface area (Å²) >= 11 is 0. The van der Waals surface area contributed by atoms with Crippen LogP contribution in [-0.4, -0.2) is 36.7 Å². The summed E-state index contributed by atoms with van der Waals surface area (Å²) in [4.78, 5) is 13.2. The van der Waals surface area contributed by atoms with Crippen LogP contribution in [0.2, 0.25) is 0 Å². The van der Waals surface area contributed by atoms with Crippen molar-refractivity contribution in [1.29, 1.82) is 0 Å². The van der Waals surface area contributed by atoms with Crippen LogP contribution in [-0.2, 0) is 13.0 Å². The molecule has 0 amide bonds. The van der Waals surface area contributed by atoms with E-state index in [0.29, 0.717) is 5.56 Å². The van der Waals surface area contributed by atoms with Crippen molar-refractivity contribution in [3.8, 4) is 5.75 Å². The van der Waals surface area contributed by atoms with Gasteiger partial charge in [0.1, 0.15) is 5.75 Å². The SMILES string of the molecule is COc1ccc(CCCN(C)Cc2cccc(C(=O)O)c2)cc1. The summed E-state index contributed by atoms with van der Waals surface area (Å²) in [5.41, 5.74) is 2.66. The first kappa shape index (κ1) is 17.0. The zero-order valence-corrected chi connectivity index (χ0v) is 13.7. The van der Waals surface area contributed by atoms with Crippen LogP contribution in [0.15, 0.2) is 48.5 Å². The molecule has 0 saturated carbocycles. The highest BCUT2D eigenvalue weighted by Crippen LogP contribution is 2.13. The predicted molar refractivity (Wildman–Crippen MR) is 91.1 cm³/mol. The maximum atomic E-state index is 11.0. The molecule has 0 atom stereocenters. The van der Waals surface area contributed by atoms with Crippen LogP contribution in [0.1, 0.15) is 27.9 Å². The molecule has 0 aliphatic rings. The van der Waals surface area contributed by atoms with Gasteiger partial charge in [0.05, 0.1) is 12.7 Å². The number of carbonyl (C=O) groups is 1. The van der Waals surface area contributed by atoms with Crippen LogP contribution >= 0.6 is 0 Å². The highest BCUT2D eigenvalue weighted by Gasteiger charge is 2.05. The molecule has 1 N–H and O–H groups in total. The number of hydrogen-bond acceptors (Lipinski definition) is 3. The number of ether oxygens (including phenoxy) is 1. The van der Waals surface area contributed by atoms with Gasteiger partial charge in [-0.3, -0.25) is 0 Å². The van der Waals surface area contributed by atoms with Crippen LogP contribution in [0.25, 0.3) is 0 Å². The van der Waals surface area contributed by atoms with Crippen molar-refractivity contribution in [3.63, 3.8) is 0 Å². The Balaban J connectivity index is 1.79. The Labute approximate surface area is 137 Å². The van der Waals surface area contributed by atoms with Gasteiger partial charge in [0, 0.05) is 6.54 Å². The number of aromatic carboxylic acids is 1. The first-order chi connectivity index (χ1) is 11.1. The number of methoxy groups -OCH3 is 1.